The summed E-state index contributed by atoms with van der Waals surface area (Å²) in [5, 5.41) is 3.08. The molecule has 0 unspecified atom stereocenters. The summed E-state index contributed by atoms with van der Waals surface area (Å²) in [7, 11) is 0. The van der Waals surface area contributed by atoms with Crippen LogP contribution >= 0.6 is 11.8 Å². The van der Waals surface area contributed by atoms with Crippen molar-refractivity contribution in [2.24, 2.45) is 0 Å². The van der Waals surface area contributed by atoms with Crippen LogP contribution in [-0.4, -0.2) is 16.0 Å². The van der Waals surface area contributed by atoms with Gasteiger partial charge in [-0.3, -0.25) is 4.68 Å². The normalized spacial score (nSPS) is 12.6. The predicted octanol–water partition coefficient (Wildman–Crippen LogP) is 4.41. The Kier molecular flexibility index (Phi) is 5.07. The largest absolute Gasteiger partial charge is 0.435 e. The van der Waals surface area contributed by atoms with Gasteiger partial charge in [-0.1, -0.05) is 12.1 Å². The van der Waals surface area contributed by atoms with E-state index in [-0.39, 0.29) is 6.07 Å². The molecule has 0 aliphatic carbocycles. The number of hydrogen-bond donors (Lipinski definition) is 1. The molecule has 0 saturated heterocycles. The van der Waals surface area contributed by atoms with E-state index in [0.29, 0.717) is 27.2 Å². The van der Waals surface area contributed by atoms with Gasteiger partial charge in [-0.05, 0) is 23.4 Å². The molecule has 132 valence electrons. The van der Waals surface area contributed by atoms with Crippen molar-refractivity contribution in [1.82, 2.24) is 9.78 Å². The van der Waals surface area contributed by atoms with Crippen LogP contribution in [0.1, 0.15) is 22.5 Å². The van der Waals surface area contributed by atoms with Crippen LogP contribution in [0, 0.1) is 0 Å². The molecule has 24 heavy (non-hydrogen) atoms. The number of halogens is 6. The van der Waals surface area contributed by atoms with E-state index in [2.05, 4.69) is 5.10 Å². The van der Waals surface area contributed by atoms with E-state index in [9.17, 15) is 26.3 Å². The molecule has 1 aromatic heterocycles. The third-order valence-corrected chi connectivity index (χ3v) is 3.80. The smallest absolute Gasteiger partial charge is 0.398 e. The monoisotopic (exact) mass is 369 g/mol. The van der Waals surface area contributed by atoms with Crippen LogP contribution in [0.15, 0.2) is 24.3 Å². The fourth-order valence-electron chi connectivity index (χ4n) is 2.11. The maximum atomic E-state index is 13.0. The topological polar surface area (TPSA) is 43.8 Å². The molecule has 3 nitrogen and oxygen atoms in total. The van der Waals surface area contributed by atoms with E-state index < -0.39 is 30.3 Å². The standard InChI is InChI=1S/C14H13F6N3S/c1-24-7-9-4-8(2-3-10(9)21)6-23-12(14(18,19)20)5-11(22-23)13(15,16)17/h2-5H,6-7,21H2,1H3. The van der Waals surface area contributed by atoms with Crippen molar-refractivity contribution in [3.63, 3.8) is 0 Å². The van der Waals surface area contributed by atoms with Crippen LogP contribution in [0.4, 0.5) is 32.0 Å². The highest BCUT2D eigenvalue weighted by molar-refractivity contribution is 7.97. The van der Waals surface area contributed by atoms with Gasteiger partial charge in [0.15, 0.2) is 5.69 Å². The van der Waals surface area contributed by atoms with Crippen molar-refractivity contribution in [3.05, 3.63) is 46.8 Å². The number of nitrogens with zero attached hydrogens (tertiary/aromatic N) is 2. The lowest BCUT2D eigenvalue weighted by Gasteiger charge is -2.12. The molecule has 0 fully saturated rings. The molecule has 0 bridgehead atoms. The Balaban J connectivity index is 2.42. The first-order chi connectivity index (χ1) is 11.0. The second-order valence-electron chi connectivity index (χ2n) is 5.03. The molecule has 0 saturated carbocycles. The van der Waals surface area contributed by atoms with E-state index in [1.807, 2.05) is 6.26 Å². The molecule has 0 atom stereocenters. The summed E-state index contributed by atoms with van der Waals surface area (Å²) in [6.45, 7) is -0.438. The number of hydrogen-bond acceptors (Lipinski definition) is 3. The van der Waals surface area contributed by atoms with E-state index in [4.69, 9.17) is 5.73 Å². The zero-order chi connectivity index (χ0) is 18.1. The molecule has 0 aliphatic heterocycles. The molecular weight excluding hydrogens is 356 g/mol. The fourth-order valence-corrected chi connectivity index (χ4v) is 2.68. The van der Waals surface area contributed by atoms with E-state index >= 15 is 0 Å². The predicted molar refractivity (Wildman–Crippen MR) is 79.4 cm³/mol. The molecule has 1 aromatic carbocycles. The summed E-state index contributed by atoms with van der Waals surface area (Å²) in [4.78, 5) is 0. The minimum atomic E-state index is -4.95. The Morgan fingerprint density at radius 2 is 1.75 bits per heavy atom. The molecule has 2 rings (SSSR count). The van der Waals surface area contributed by atoms with Crippen LogP contribution in [0.2, 0.25) is 0 Å². The summed E-state index contributed by atoms with van der Waals surface area (Å²) in [5.41, 5.74) is 4.31. The van der Waals surface area contributed by atoms with Crippen molar-refractivity contribution >= 4 is 17.4 Å². The van der Waals surface area contributed by atoms with E-state index in [1.165, 1.54) is 23.9 Å². The number of rotatable bonds is 4. The Morgan fingerprint density at radius 3 is 2.29 bits per heavy atom. The maximum absolute atomic E-state index is 13.0. The van der Waals surface area contributed by atoms with Crippen LogP contribution in [-0.2, 0) is 24.7 Å². The Morgan fingerprint density at radius 1 is 1.08 bits per heavy atom. The van der Waals surface area contributed by atoms with Gasteiger partial charge in [0.05, 0.1) is 6.54 Å². The highest BCUT2D eigenvalue weighted by Gasteiger charge is 2.41. The van der Waals surface area contributed by atoms with Gasteiger partial charge in [0, 0.05) is 17.5 Å². The van der Waals surface area contributed by atoms with Crippen molar-refractivity contribution in [1.29, 1.82) is 0 Å². The quantitative estimate of drug-likeness (QED) is 0.641. The van der Waals surface area contributed by atoms with Crippen molar-refractivity contribution in [3.8, 4) is 0 Å². The number of nitrogen functional groups attached to an aromatic ring is 1. The van der Waals surface area contributed by atoms with Gasteiger partial charge in [-0.15, -0.1) is 0 Å². The summed E-state index contributed by atoms with van der Waals surface area (Å²) >= 11 is 1.47. The van der Waals surface area contributed by atoms with E-state index in [0.717, 1.165) is 0 Å². The zero-order valence-electron chi connectivity index (χ0n) is 12.4. The molecule has 0 amide bonds. The first-order valence-electron chi connectivity index (χ1n) is 6.61. The minimum absolute atomic E-state index is 0.0140. The first-order valence-corrected chi connectivity index (χ1v) is 8.00. The molecule has 0 radical (unpaired) electrons. The van der Waals surface area contributed by atoms with Crippen molar-refractivity contribution in [2.45, 2.75) is 24.7 Å². The lowest BCUT2D eigenvalue weighted by Crippen LogP contribution is -2.15. The van der Waals surface area contributed by atoms with Gasteiger partial charge in [-0.25, -0.2) is 0 Å². The average Bonchev–Trinajstić information content (AvgIpc) is 2.87. The van der Waals surface area contributed by atoms with Crippen LogP contribution < -0.4 is 5.73 Å². The third kappa shape index (κ3) is 4.16. The molecule has 2 N–H and O–H groups in total. The lowest BCUT2D eigenvalue weighted by molar-refractivity contribution is -0.144. The minimum Gasteiger partial charge on any atom is -0.398 e. The molecule has 10 heteroatoms. The highest BCUT2D eigenvalue weighted by Crippen LogP contribution is 2.35. The van der Waals surface area contributed by atoms with Crippen molar-refractivity contribution < 1.29 is 26.3 Å². The van der Waals surface area contributed by atoms with Gasteiger partial charge in [0.2, 0.25) is 0 Å². The lowest BCUT2D eigenvalue weighted by atomic mass is 10.1. The second kappa shape index (κ2) is 6.58. The average molecular weight is 369 g/mol. The summed E-state index contributed by atoms with van der Waals surface area (Å²) in [5.74, 6) is 0.540. The number of alkyl halides is 6. The number of anilines is 1. The molecule has 0 spiro atoms. The van der Waals surface area contributed by atoms with Gasteiger partial charge < -0.3 is 5.73 Å². The zero-order valence-corrected chi connectivity index (χ0v) is 13.2. The molecule has 0 aliphatic rings. The van der Waals surface area contributed by atoms with Crippen LogP contribution in [0.3, 0.4) is 0 Å². The third-order valence-electron chi connectivity index (χ3n) is 3.20. The summed E-state index contributed by atoms with van der Waals surface area (Å²) in [6, 6.07) is 4.57. The van der Waals surface area contributed by atoms with Gasteiger partial charge in [0.1, 0.15) is 5.69 Å². The molecule has 1 heterocycles. The van der Waals surface area contributed by atoms with Crippen molar-refractivity contribution in [2.75, 3.05) is 12.0 Å². The maximum Gasteiger partial charge on any atom is 0.435 e. The van der Waals surface area contributed by atoms with Crippen LogP contribution in [0.25, 0.3) is 0 Å². The second-order valence-corrected chi connectivity index (χ2v) is 5.90. The Bertz CT molecular complexity index is 720. The highest BCUT2D eigenvalue weighted by atomic mass is 32.2. The number of aromatic nitrogens is 2. The van der Waals surface area contributed by atoms with Gasteiger partial charge in [-0.2, -0.15) is 43.2 Å². The SMILES string of the molecule is CSCc1cc(Cn2nc(C(F)(F)F)cc2C(F)(F)F)ccc1N. The summed E-state index contributed by atoms with van der Waals surface area (Å²) < 4.78 is 77.2. The fraction of sp³-hybridized carbons (Fsp3) is 0.357. The number of benzene rings is 1. The Hall–Kier alpha value is -1.84. The van der Waals surface area contributed by atoms with Crippen LogP contribution in [0.5, 0.6) is 0 Å². The number of thioether (sulfide) groups is 1. The number of nitrogens with two attached hydrogens (primary N) is 1. The van der Waals surface area contributed by atoms with Gasteiger partial charge >= 0.3 is 12.4 Å². The van der Waals surface area contributed by atoms with Gasteiger partial charge in [0.25, 0.3) is 0 Å². The van der Waals surface area contributed by atoms with E-state index in [1.54, 1.807) is 6.07 Å². The first kappa shape index (κ1) is 18.5. The summed E-state index contributed by atoms with van der Waals surface area (Å²) in [6.07, 6.45) is -8.06. The molecular formula is C14H13F6N3S. The Labute approximate surface area is 137 Å². The molecule has 2 aromatic rings.